The lowest BCUT2D eigenvalue weighted by Gasteiger charge is -2.36. The summed E-state index contributed by atoms with van der Waals surface area (Å²) in [6.07, 6.45) is 2.40. The number of rotatable bonds is 3. The van der Waals surface area contributed by atoms with Gasteiger partial charge in [-0.05, 0) is 37.8 Å². The fourth-order valence-corrected chi connectivity index (χ4v) is 3.04. The van der Waals surface area contributed by atoms with Gasteiger partial charge in [-0.2, -0.15) is 5.26 Å². The molecular formula is C17H21FN4O. The number of piperazine rings is 1. The normalized spacial score (nSPS) is 19.2. The van der Waals surface area contributed by atoms with Gasteiger partial charge in [-0.15, -0.1) is 0 Å². The highest BCUT2D eigenvalue weighted by Gasteiger charge is 2.31. The second-order valence-electron chi connectivity index (χ2n) is 6.30. The Morgan fingerprint density at radius 3 is 2.65 bits per heavy atom. The van der Waals surface area contributed by atoms with E-state index in [0.717, 1.165) is 0 Å². The quantitative estimate of drug-likeness (QED) is 0.931. The van der Waals surface area contributed by atoms with Crippen LogP contribution in [0.1, 0.15) is 25.3 Å². The third-order valence-electron chi connectivity index (χ3n) is 4.69. The Bertz CT molecular complexity index is 630. The number of amides is 2. The van der Waals surface area contributed by atoms with Gasteiger partial charge >= 0.3 is 6.03 Å². The van der Waals surface area contributed by atoms with Crippen molar-refractivity contribution >= 4 is 11.7 Å². The molecule has 5 nitrogen and oxygen atoms in total. The van der Waals surface area contributed by atoms with E-state index in [1.165, 1.54) is 18.9 Å². The average Bonchev–Trinajstić information content (AvgIpc) is 3.39. The van der Waals surface area contributed by atoms with Gasteiger partial charge < -0.3 is 15.1 Å². The van der Waals surface area contributed by atoms with Crippen LogP contribution in [-0.4, -0.2) is 43.2 Å². The molecule has 2 fully saturated rings. The van der Waals surface area contributed by atoms with Gasteiger partial charge in [0.15, 0.2) is 0 Å². The van der Waals surface area contributed by atoms with E-state index in [4.69, 9.17) is 5.26 Å². The lowest BCUT2D eigenvalue weighted by molar-refractivity contribution is 0.189. The largest absolute Gasteiger partial charge is 0.367 e. The Balaban J connectivity index is 1.59. The highest BCUT2D eigenvalue weighted by molar-refractivity contribution is 5.75. The summed E-state index contributed by atoms with van der Waals surface area (Å²) in [6.45, 7) is 4.40. The number of halogens is 1. The number of nitrogens with one attached hydrogen (secondary N) is 1. The zero-order valence-corrected chi connectivity index (χ0v) is 13.3. The molecule has 1 saturated heterocycles. The van der Waals surface area contributed by atoms with Gasteiger partial charge in [-0.3, -0.25) is 0 Å². The van der Waals surface area contributed by atoms with Gasteiger partial charge in [-0.25, -0.2) is 9.18 Å². The predicted octanol–water partition coefficient (Wildman–Crippen LogP) is 2.33. The van der Waals surface area contributed by atoms with Gasteiger partial charge in [0.25, 0.3) is 0 Å². The van der Waals surface area contributed by atoms with Gasteiger partial charge in [0.05, 0.1) is 5.69 Å². The van der Waals surface area contributed by atoms with Crippen molar-refractivity contribution in [3.8, 4) is 6.07 Å². The lowest BCUT2D eigenvalue weighted by atomic mass is 10.1. The summed E-state index contributed by atoms with van der Waals surface area (Å²) in [7, 11) is 0. The number of urea groups is 1. The summed E-state index contributed by atoms with van der Waals surface area (Å²) in [5.41, 5.74) is 0.687. The van der Waals surface area contributed by atoms with Crippen LogP contribution >= 0.6 is 0 Å². The summed E-state index contributed by atoms with van der Waals surface area (Å²) >= 11 is 0. The van der Waals surface area contributed by atoms with Crippen LogP contribution in [0.15, 0.2) is 18.2 Å². The molecule has 0 spiro atoms. The van der Waals surface area contributed by atoms with Crippen molar-refractivity contribution in [3.63, 3.8) is 0 Å². The molecule has 1 aromatic carbocycles. The van der Waals surface area contributed by atoms with Gasteiger partial charge in [0.2, 0.25) is 0 Å². The molecule has 23 heavy (non-hydrogen) atoms. The SMILES string of the molecule is CC(NC(=O)N1CCN(c2cccc(F)c2C#N)CC1)C1CC1. The van der Waals surface area contributed by atoms with Crippen LogP contribution in [0.25, 0.3) is 0 Å². The maximum Gasteiger partial charge on any atom is 0.317 e. The lowest BCUT2D eigenvalue weighted by Crippen LogP contribution is -2.53. The predicted molar refractivity (Wildman–Crippen MR) is 85.6 cm³/mol. The molecule has 1 heterocycles. The number of nitrogens with zero attached hydrogens (tertiary/aromatic N) is 3. The van der Waals surface area contributed by atoms with Gasteiger partial charge in [0, 0.05) is 32.2 Å². The standard InChI is InChI=1S/C17H21FN4O/c1-12(13-5-6-13)20-17(23)22-9-7-21(8-10-22)16-4-2-3-15(18)14(16)11-19/h2-4,12-13H,5-10H2,1H3,(H,20,23). The molecule has 2 amide bonds. The Hall–Kier alpha value is -2.29. The van der Waals surface area contributed by atoms with Crippen molar-refractivity contribution in [2.24, 2.45) is 5.92 Å². The average molecular weight is 316 g/mol. The minimum absolute atomic E-state index is 0.0243. The van der Waals surface area contributed by atoms with Crippen LogP contribution in [0, 0.1) is 23.1 Å². The Morgan fingerprint density at radius 2 is 2.04 bits per heavy atom. The fraction of sp³-hybridized carbons (Fsp3) is 0.529. The first-order valence-electron chi connectivity index (χ1n) is 8.09. The number of anilines is 1. The number of hydrogen-bond donors (Lipinski definition) is 1. The van der Waals surface area contributed by atoms with Crippen molar-refractivity contribution in [3.05, 3.63) is 29.6 Å². The summed E-state index contributed by atoms with van der Waals surface area (Å²) in [5.74, 6) is 0.133. The highest BCUT2D eigenvalue weighted by atomic mass is 19.1. The molecule has 0 aromatic heterocycles. The van der Waals surface area contributed by atoms with Crippen LogP contribution in [0.2, 0.25) is 0 Å². The van der Waals surface area contributed by atoms with E-state index < -0.39 is 5.82 Å². The van der Waals surface area contributed by atoms with Gasteiger partial charge in [-0.1, -0.05) is 6.07 Å². The van der Waals surface area contributed by atoms with E-state index in [0.29, 0.717) is 37.8 Å². The molecule has 1 N–H and O–H groups in total. The molecule has 1 unspecified atom stereocenters. The summed E-state index contributed by atoms with van der Waals surface area (Å²) in [4.78, 5) is 16.0. The Kier molecular flexibility index (Phi) is 4.37. The van der Waals surface area contributed by atoms with Crippen molar-refractivity contribution in [2.45, 2.75) is 25.8 Å². The van der Waals surface area contributed by atoms with Crippen molar-refractivity contribution in [1.82, 2.24) is 10.2 Å². The van der Waals surface area contributed by atoms with E-state index in [9.17, 15) is 9.18 Å². The van der Waals surface area contributed by atoms with Crippen LogP contribution in [0.4, 0.5) is 14.9 Å². The number of carbonyl (C=O) groups is 1. The fourth-order valence-electron chi connectivity index (χ4n) is 3.04. The van der Waals surface area contributed by atoms with Crippen LogP contribution in [-0.2, 0) is 0 Å². The first kappa shape index (κ1) is 15.6. The molecule has 1 aromatic rings. The minimum Gasteiger partial charge on any atom is -0.367 e. The highest BCUT2D eigenvalue weighted by Crippen LogP contribution is 2.32. The first-order chi connectivity index (χ1) is 11.1. The maximum absolute atomic E-state index is 13.7. The zero-order valence-electron chi connectivity index (χ0n) is 13.3. The van der Waals surface area contributed by atoms with Crippen LogP contribution in [0.3, 0.4) is 0 Å². The smallest absolute Gasteiger partial charge is 0.317 e. The zero-order chi connectivity index (χ0) is 16.4. The third kappa shape index (κ3) is 3.39. The van der Waals surface area contributed by atoms with E-state index >= 15 is 0 Å². The second kappa shape index (κ2) is 6.45. The molecule has 3 rings (SSSR count). The second-order valence-corrected chi connectivity index (χ2v) is 6.30. The molecule has 1 saturated carbocycles. The number of hydrogen-bond acceptors (Lipinski definition) is 3. The first-order valence-corrected chi connectivity index (χ1v) is 8.09. The minimum atomic E-state index is -0.497. The van der Waals surface area contributed by atoms with Crippen LogP contribution < -0.4 is 10.2 Å². The van der Waals surface area contributed by atoms with Gasteiger partial charge in [0.1, 0.15) is 17.4 Å². The van der Waals surface area contributed by atoms with E-state index in [1.54, 1.807) is 17.0 Å². The monoisotopic (exact) mass is 316 g/mol. The topological polar surface area (TPSA) is 59.4 Å². The summed E-state index contributed by atoms with van der Waals surface area (Å²) in [5, 5.41) is 12.2. The van der Waals surface area contributed by atoms with E-state index in [2.05, 4.69) is 12.2 Å². The molecule has 122 valence electrons. The molecule has 0 radical (unpaired) electrons. The Labute approximate surface area is 135 Å². The third-order valence-corrected chi connectivity index (χ3v) is 4.69. The number of carbonyl (C=O) groups excluding carboxylic acids is 1. The van der Waals surface area contributed by atoms with Crippen molar-refractivity contribution < 1.29 is 9.18 Å². The molecule has 2 aliphatic rings. The molecule has 1 aliphatic heterocycles. The maximum atomic E-state index is 13.7. The molecule has 6 heteroatoms. The van der Waals surface area contributed by atoms with Crippen molar-refractivity contribution in [2.75, 3.05) is 31.1 Å². The molecule has 1 atom stereocenters. The molecular weight excluding hydrogens is 295 g/mol. The summed E-state index contributed by atoms with van der Waals surface area (Å²) in [6, 6.07) is 6.80. The van der Waals surface area contributed by atoms with E-state index in [1.807, 2.05) is 11.0 Å². The summed E-state index contributed by atoms with van der Waals surface area (Å²) < 4.78 is 13.7. The Morgan fingerprint density at radius 1 is 1.35 bits per heavy atom. The molecule has 0 bridgehead atoms. The van der Waals surface area contributed by atoms with E-state index in [-0.39, 0.29) is 17.6 Å². The van der Waals surface area contributed by atoms with Crippen LogP contribution in [0.5, 0.6) is 0 Å². The number of benzene rings is 1. The number of nitriles is 1. The van der Waals surface area contributed by atoms with Crippen molar-refractivity contribution in [1.29, 1.82) is 5.26 Å². The molecule has 1 aliphatic carbocycles.